The highest BCUT2D eigenvalue weighted by atomic mass is 19.4. The minimum Gasteiger partial charge on any atom is -0.331 e. The van der Waals surface area contributed by atoms with E-state index in [-0.39, 0.29) is 6.42 Å². The summed E-state index contributed by atoms with van der Waals surface area (Å²) in [5.74, 6) is 0.424. The summed E-state index contributed by atoms with van der Waals surface area (Å²) in [6, 6.07) is 5.72. The summed E-state index contributed by atoms with van der Waals surface area (Å²) in [5, 5.41) is 2.28. The van der Waals surface area contributed by atoms with Gasteiger partial charge in [0.05, 0.1) is 11.0 Å². The van der Waals surface area contributed by atoms with Gasteiger partial charge in [-0.05, 0) is 19.2 Å². The molecule has 1 heterocycles. The SMILES string of the molecule is CNC(Cc1nc2ccccc2n1C)C(F)(F)F. The Kier molecular flexibility index (Phi) is 3.30. The van der Waals surface area contributed by atoms with Gasteiger partial charge in [0, 0.05) is 13.5 Å². The number of likely N-dealkylation sites (N-methyl/N-ethyl adjacent to an activating group) is 1. The predicted molar refractivity (Wildman–Crippen MR) is 63.3 cm³/mol. The van der Waals surface area contributed by atoms with Gasteiger partial charge in [0.25, 0.3) is 0 Å². The number of fused-ring (bicyclic) bond motifs is 1. The number of benzene rings is 1. The van der Waals surface area contributed by atoms with E-state index in [1.54, 1.807) is 17.7 Å². The fraction of sp³-hybridized carbons (Fsp3) is 0.417. The molecule has 1 aromatic heterocycles. The van der Waals surface area contributed by atoms with Crippen molar-refractivity contribution in [1.82, 2.24) is 14.9 Å². The third-order valence-corrected chi connectivity index (χ3v) is 3.01. The average Bonchev–Trinajstić information content (AvgIpc) is 2.62. The van der Waals surface area contributed by atoms with Gasteiger partial charge in [-0.2, -0.15) is 13.2 Å². The molecule has 0 aliphatic heterocycles. The zero-order valence-corrected chi connectivity index (χ0v) is 10.1. The fourth-order valence-electron chi connectivity index (χ4n) is 1.94. The van der Waals surface area contributed by atoms with Crippen LogP contribution >= 0.6 is 0 Å². The number of nitrogens with one attached hydrogen (secondary N) is 1. The standard InChI is InChI=1S/C12H14F3N3/c1-16-10(12(13,14)15)7-11-17-8-5-3-4-6-9(8)18(11)2/h3-6,10,16H,7H2,1-2H3. The summed E-state index contributed by atoms with van der Waals surface area (Å²) in [7, 11) is 3.04. The molecular formula is C12H14F3N3. The highest BCUT2D eigenvalue weighted by Crippen LogP contribution is 2.24. The van der Waals surface area contributed by atoms with Crippen molar-refractivity contribution in [1.29, 1.82) is 0 Å². The lowest BCUT2D eigenvalue weighted by Gasteiger charge is -2.19. The molecule has 0 fully saturated rings. The van der Waals surface area contributed by atoms with E-state index in [2.05, 4.69) is 10.3 Å². The van der Waals surface area contributed by atoms with Crippen LogP contribution in [0.15, 0.2) is 24.3 Å². The van der Waals surface area contributed by atoms with Gasteiger partial charge in [0.15, 0.2) is 0 Å². The van der Waals surface area contributed by atoms with Crippen molar-refractivity contribution in [2.45, 2.75) is 18.6 Å². The Morgan fingerprint density at radius 3 is 2.56 bits per heavy atom. The van der Waals surface area contributed by atoms with Crippen molar-refractivity contribution in [2.24, 2.45) is 7.05 Å². The van der Waals surface area contributed by atoms with Gasteiger partial charge >= 0.3 is 6.18 Å². The number of imidazole rings is 1. The second-order valence-electron chi connectivity index (χ2n) is 4.16. The number of halogens is 3. The van der Waals surface area contributed by atoms with Crippen molar-refractivity contribution in [2.75, 3.05) is 7.05 Å². The van der Waals surface area contributed by atoms with Gasteiger partial charge in [-0.25, -0.2) is 4.98 Å². The van der Waals surface area contributed by atoms with Gasteiger partial charge < -0.3 is 9.88 Å². The monoisotopic (exact) mass is 257 g/mol. The van der Waals surface area contributed by atoms with Crippen LogP contribution in [0.3, 0.4) is 0 Å². The minimum absolute atomic E-state index is 0.175. The van der Waals surface area contributed by atoms with Crippen LogP contribution in [0, 0.1) is 0 Å². The molecule has 0 spiro atoms. The molecule has 0 bridgehead atoms. The topological polar surface area (TPSA) is 29.9 Å². The molecule has 1 atom stereocenters. The first-order valence-corrected chi connectivity index (χ1v) is 5.58. The average molecular weight is 257 g/mol. The molecule has 98 valence electrons. The van der Waals surface area contributed by atoms with Crippen LogP contribution in [0.5, 0.6) is 0 Å². The summed E-state index contributed by atoms with van der Waals surface area (Å²) >= 11 is 0. The van der Waals surface area contributed by atoms with E-state index >= 15 is 0 Å². The van der Waals surface area contributed by atoms with Crippen molar-refractivity contribution < 1.29 is 13.2 Å². The van der Waals surface area contributed by atoms with E-state index in [0.29, 0.717) is 11.3 Å². The molecule has 18 heavy (non-hydrogen) atoms. The number of hydrogen-bond acceptors (Lipinski definition) is 2. The first-order chi connectivity index (χ1) is 8.43. The Morgan fingerprint density at radius 2 is 2.00 bits per heavy atom. The van der Waals surface area contributed by atoms with Gasteiger partial charge in [-0.15, -0.1) is 0 Å². The van der Waals surface area contributed by atoms with E-state index in [4.69, 9.17) is 0 Å². The third-order valence-electron chi connectivity index (χ3n) is 3.01. The number of hydrogen-bond donors (Lipinski definition) is 1. The summed E-state index contributed by atoms with van der Waals surface area (Å²) in [4.78, 5) is 4.24. The molecule has 1 unspecified atom stereocenters. The highest BCUT2D eigenvalue weighted by molar-refractivity contribution is 5.75. The molecule has 1 aromatic carbocycles. The van der Waals surface area contributed by atoms with E-state index in [9.17, 15) is 13.2 Å². The fourth-order valence-corrected chi connectivity index (χ4v) is 1.94. The first kappa shape index (κ1) is 12.9. The molecule has 1 N–H and O–H groups in total. The maximum absolute atomic E-state index is 12.7. The largest absolute Gasteiger partial charge is 0.404 e. The van der Waals surface area contributed by atoms with Crippen molar-refractivity contribution >= 4 is 11.0 Å². The first-order valence-electron chi connectivity index (χ1n) is 5.58. The molecule has 0 aliphatic carbocycles. The summed E-state index contributed by atoms with van der Waals surface area (Å²) in [6.07, 6.45) is -4.45. The van der Waals surface area contributed by atoms with Crippen LogP contribution in [0.2, 0.25) is 0 Å². The van der Waals surface area contributed by atoms with Gasteiger partial charge in [-0.1, -0.05) is 12.1 Å². The Labute approximate surface area is 103 Å². The Morgan fingerprint density at radius 1 is 1.33 bits per heavy atom. The van der Waals surface area contributed by atoms with Crippen molar-refractivity contribution in [3.63, 3.8) is 0 Å². The molecule has 0 radical (unpaired) electrons. The molecule has 6 heteroatoms. The summed E-state index contributed by atoms with van der Waals surface area (Å²) in [5.41, 5.74) is 1.55. The Hall–Kier alpha value is -1.56. The number of nitrogens with zero attached hydrogens (tertiary/aromatic N) is 2. The Balaban J connectivity index is 2.34. The maximum atomic E-state index is 12.7. The number of aryl methyl sites for hydroxylation is 1. The number of aromatic nitrogens is 2. The minimum atomic E-state index is -4.27. The molecular weight excluding hydrogens is 243 g/mol. The molecule has 3 nitrogen and oxygen atoms in total. The lowest BCUT2D eigenvalue weighted by molar-refractivity contribution is -0.154. The number of para-hydroxylation sites is 2. The van der Waals surface area contributed by atoms with Crippen molar-refractivity contribution in [3.05, 3.63) is 30.1 Å². The zero-order valence-electron chi connectivity index (χ0n) is 10.1. The number of rotatable bonds is 3. The van der Waals surface area contributed by atoms with Crippen molar-refractivity contribution in [3.8, 4) is 0 Å². The summed E-state index contributed by atoms with van der Waals surface area (Å²) in [6.45, 7) is 0. The number of alkyl halides is 3. The van der Waals surface area contributed by atoms with E-state index in [1.807, 2.05) is 18.2 Å². The lowest BCUT2D eigenvalue weighted by Crippen LogP contribution is -2.42. The van der Waals surface area contributed by atoms with E-state index in [1.165, 1.54) is 7.05 Å². The molecule has 0 amide bonds. The predicted octanol–water partition coefficient (Wildman–Crippen LogP) is 2.27. The second-order valence-corrected chi connectivity index (χ2v) is 4.16. The molecule has 2 rings (SSSR count). The maximum Gasteiger partial charge on any atom is 0.404 e. The van der Waals surface area contributed by atoms with Gasteiger partial charge in [0.1, 0.15) is 11.9 Å². The van der Waals surface area contributed by atoms with E-state index in [0.717, 1.165) is 5.52 Å². The van der Waals surface area contributed by atoms with Crippen LogP contribution in [-0.2, 0) is 13.5 Å². The van der Waals surface area contributed by atoms with Gasteiger partial charge in [-0.3, -0.25) is 0 Å². The second kappa shape index (κ2) is 4.61. The van der Waals surface area contributed by atoms with Crippen LogP contribution in [0.1, 0.15) is 5.82 Å². The lowest BCUT2D eigenvalue weighted by atomic mass is 10.2. The normalized spacial score (nSPS) is 14.1. The van der Waals surface area contributed by atoms with Crippen LogP contribution in [0.4, 0.5) is 13.2 Å². The van der Waals surface area contributed by atoms with Gasteiger partial charge in [0.2, 0.25) is 0 Å². The summed E-state index contributed by atoms with van der Waals surface area (Å²) < 4.78 is 39.8. The zero-order chi connectivity index (χ0) is 13.3. The van der Waals surface area contributed by atoms with E-state index < -0.39 is 12.2 Å². The highest BCUT2D eigenvalue weighted by Gasteiger charge is 2.39. The molecule has 0 saturated carbocycles. The molecule has 0 saturated heterocycles. The Bertz CT molecular complexity index is 545. The molecule has 0 aliphatic rings. The molecule has 2 aromatic rings. The smallest absolute Gasteiger partial charge is 0.331 e. The van der Waals surface area contributed by atoms with Crippen LogP contribution < -0.4 is 5.32 Å². The quantitative estimate of drug-likeness (QED) is 0.914. The third kappa shape index (κ3) is 2.33. The van der Waals surface area contributed by atoms with Crippen LogP contribution in [-0.4, -0.2) is 28.8 Å². The van der Waals surface area contributed by atoms with Crippen LogP contribution in [0.25, 0.3) is 11.0 Å².